The summed E-state index contributed by atoms with van der Waals surface area (Å²) < 4.78 is 0. The molecule has 0 radical (unpaired) electrons. The Labute approximate surface area is 267 Å². The molecule has 1 aliphatic rings. The number of benzene rings is 8. The molecule has 0 saturated carbocycles. The number of rotatable bonds is 2. The zero-order valence-electron chi connectivity index (χ0n) is 25.8. The Kier molecular flexibility index (Phi) is 5.65. The van der Waals surface area contributed by atoms with Gasteiger partial charge in [0.25, 0.3) is 0 Å². The fraction of sp³-hybridized carbons (Fsp3) is 0.0909. The smallest absolute Gasteiger partial charge is 0.142 e. The molecule has 8 aromatic carbocycles. The molecule has 46 heavy (non-hydrogen) atoms. The van der Waals surface area contributed by atoms with E-state index in [4.69, 9.17) is 0 Å². The van der Waals surface area contributed by atoms with Crippen LogP contribution in [-0.4, -0.2) is 10.2 Å². The third-order valence-electron chi connectivity index (χ3n) is 10.5. The third-order valence-corrected chi connectivity index (χ3v) is 10.5. The first-order valence-electron chi connectivity index (χ1n) is 15.9. The molecule has 8 aromatic rings. The van der Waals surface area contributed by atoms with Crippen molar-refractivity contribution in [3.63, 3.8) is 0 Å². The summed E-state index contributed by atoms with van der Waals surface area (Å²) in [6, 6.07) is 49.4. The highest BCUT2D eigenvalue weighted by Gasteiger charge is 2.52. The van der Waals surface area contributed by atoms with Gasteiger partial charge in [-0.3, -0.25) is 0 Å². The summed E-state index contributed by atoms with van der Waals surface area (Å²) in [5.41, 5.74) is 3.68. The van der Waals surface area contributed by atoms with E-state index in [2.05, 4.69) is 86.6 Å². The molecule has 220 valence electrons. The van der Waals surface area contributed by atoms with E-state index in [1.165, 1.54) is 11.1 Å². The number of fused-ring (bicyclic) bond motifs is 6. The second kappa shape index (κ2) is 9.61. The minimum atomic E-state index is -1.55. The number of hydrogen-bond acceptors (Lipinski definition) is 2. The van der Waals surface area contributed by atoms with Gasteiger partial charge in [0.05, 0.1) is 0 Å². The van der Waals surface area contributed by atoms with Crippen LogP contribution in [0.1, 0.15) is 44.5 Å². The Morgan fingerprint density at radius 3 is 0.739 bits per heavy atom. The molecule has 0 aliphatic heterocycles. The first-order valence-corrected chi connectivity index (χ1v) is 15.9. The highest BCUT2D eigenvalue weighted by atomic mass is 16.3. The van der Waals surface area contributed by atoms with E-state index in [9.17, 15) is 10.2 Å². The molecule has 0 spiro atoms. The topological polar surface area (TPSA) is 40.5 Å². The lowest BCUT2D eigenvalue weighted by atomic mass is 9.61. The van der Waals surface area contributed by atoms with Crippen LogP contribution in [0.5, 0.6) is 0 Å². The van der Waals surface area contributed by atoms with Crippen LogP contribution >= 0.6 is 0 Å². The minimum Gasteiger partial charge on any atom is -0.376 e. The van der Waals surface area contributed by atoms with Crippen LogP contribution in [0.4, 0.5) is 0 Å². The van der Waals surface area contributed by atoms with Crippen LogP contribution in [0.15, 0.2) is 146 Å². The average Bonchev–Trinajstić information content (AvgIpc) is 3.11. The van der Waals surface area contributed by atoms with Crippen LogP contribution in [0.25, 0.3) is 43.1 Å². The van der Waals surface area contributed by atoms with E-state index in [1.54, 1.807) is 0 Å². The molecule has 0 bridgehead atoms. The van der Waals surface area contributed by atoms with Crippen LogP contribution in [-0.2, 0) is 11.2 Å². The summed E-state index contributed by atoms with van der Waals surface area (Å²) in [6.07, 6.45) is 0. The van der Waals surface area contributed by atoms with Crippen LogP contribution in [0, 0.1) is 13.8 Å². The van der Waals surface area contributed by atoms with Crippen molar-refractivity contribution in [2.45, 2.75) is 25.0 Å². The highest BCUT2D eigenvalue weighted by molar-refractivity contribution is 6.09. The van der Waals surface area contributed by atoms with Gasteiger partial charge in [-0.1, -0.05) is 146 Å². The van der Waals surface area contributed by atoms with E-state index in [-0.39, 0.29) is 0 Å². The van der Waals surface area contributed by atoms with Gasteiger partial charge in [-0.05, 0) is 90.3 Å². The van der Waals surface area contributed by atoms with E-state index >= 15 is 0 Å². The maximum atomic E-state index is 13.7. The summed E-state index contributed by atoms with van der Waals surface area (Å²) in [5, 5.41) is 35.8. The average molecular weight is 593 g/mol. The van der Waals surface area contributed by atoms with Crippen LogP contribution in [0.2, 0.25) is 0 Å². The van der Waals surface area contributed by atoms with Crippen molar-refractivity contribution in [3.8, 4) is 0 Å². The number of aliphatic hydroxyl groups is 2. The Hall–Kier alpha value is -5.28. The van der Waals surface area contributed by atoms with Crippen molar-refractivity contribution in [2.75, 3.05) is 0 Å². The predicted molar refractivity (Wildman–Crippen MR) is 189 cm³/mol. The SMILES string of the molecule is Cc1c2ccccc2c([C@]2(O)c3ccccc3[C@](O)(c3c4ccccc4c(C)c4ccccc43)c3ccccc32)c2ccccc12. The fourth-order valence-corrected chi connectivity index (χ4v) is 8.53. The zero-order valence-corrected chi connectivity index (χ0v) is 25.8. The summed E-state index contributed by atoms with van der Waals surface area (Å²) >= 11 is 0. The maximum Gasteiger partial charge on any atom is 0.142 e. The quantitative estimate of drug-likeness (QED) is 0.196. The molecular formula is C44H32O2. The van der Waals surface area contributed by atoms with Gasteiger partial charge in [-0.2, -0.15) is 0 Å². The van der Waals surface area contributed by atoms with Gasteiger partial charge >= 0.3 is 0 Å². The van der Waals surface area contributed by atoms with Crippen molar-refractivity contribution in [3.05, 3.63) is 190 Å². The summed E-state index contributed by atoms with van der Waals surface area (Å²) in [7, 11) is 0. The zero-order chi connectivity index (χ0) is 31.2. The second-order valence-electron chi connectivity index (χ2n) is 12.7. The van der Waals surface area contributed by atoms with Crippen LogP contribution in [0.3, 0.4) is 0 Å². The predicted octanol–water partition coefficient (Wildman–Crippen LogP) is 9.80. The Morgan fingerprint density at radius 2 is 0.500 bits per heavy atom. The standard InChI is InChI=1S/C44H32O2/c1-27-29-15-3-7-19-33(29)41(34-20-8-4-16-30(27)34)43(45)37-23-11-13-25-39(37)44(46,40-26-14-12-24-38(40)43)42-35-21-9-5-17-31(35)28(2)32-18-6-10-22-36(32)42/h3-26,45-46H,1-2H3/t43-,44+. The third kappa shape index (κ3) is 3.32. The van der Waals surface area contributed by atoms with Gasteiger partial charge < -0.3 is 10.2 Å². The normalized spacial score (nSPS) is 19.0. The molecule has 0 fully saturated rings. The Balaban J connectivity index is 1.49. The van der Waals surface area contributed by atoms with E-state index in [0.717, 1.165) is 54.2 Å². The summed E-state index contributed by atoms with van der Waals surface area (Å²) in [5.74, 6) is 0. The lowest BCUT2D eigenvalue weighted by molar-refractivity contribution is 0.0778. The molecule has 0 saturated heterocycles. The van der Waals surface area contributed by atoms with Gasteiger partial charge in [0.1, 0.15) is 11.2 Å². The maximum absolute atomic E-state index is 13.7. The van der Waals surface area contributed by atoms with E-state index in [0.29, 0.717) is 22.3 Å². The first-order chi connectivity index (χ1) is 22.5. The van der Waals surface area contributed by atoms with Crippen molar-refractivity contribution in [2.24, 2.45) is 0 Å². The van der Waals surface area contributed by atoms with Crippen molar-refractivity contribution in [1.82, 2.24) is 0 Å². The Morgan fingerprint density at radius 1 is 0.304 bits per heavy atom. The van der Waals surface area contributed by atoms with Gasteiger partial charge in [-0.25, -0.2) is 0 Å². The summed E-state index contributed by atoms with van der Waals surface area (Å²) in [4.78, 5) is 0. The van der Waals surface area contributed by atoms with Crippen molar-refractivity contribution >= 4 is 43.1 Å². The molecular weight excluding hydrogens is 560 g/mol. The molecule has 0 heterocycles. The molecule has 2 nitrogen and oxygen atoms in total. The van der Waals surface area contributed by atoms with Gasteiger partial charge in [0.2, 0.25) is 0 Å². The lowest BCUT2D eigenvalue weighted by Gasteiger charge is -2.46. The van der Waals surface area contributed by atoms with Gasteiger partial charge in [0.15, 0.2) is 0 Å². The number of hydrogen-bond donors (Lipinski definition) is 2. The number of aryl methyl sites for hydroxylation is 2. The summed E-state index contributed by atoms with van der Waals surface area (Å²) in [6.45, 7) is 4.32. The Bertz CT molecular complexity index is 2200. The largest absolute Gasteiger partial charge is 0.376 e. The molecule has 0 atom stereocenters. The molecule has 9 rings (SSSR count). The van der Waals surface area contributed by atoms with Gasteiger partial charge in [0, 0.05) is 11.1 Å². The molecule has 0 amide bonds. The fourth-order valence-electron chi connectivity index (χ4n) is 8.53. The van der Waals surface area contributed by atoms with Gasteiger partial charge in [-0.15, -0.1) is 0 Å². The van der Waals surface area contributed by atoms with E-state index < -0.39 is 11.2 Å². The molecule has 2 N–H and O–H groups in total. The van der Waals surface area contributed by atoms with Crippen molar-refractivity contribution < 1.29 is 10.2 Å². The van der Waals surface area contributed by atoms with E-state index in [1.807, 2.05) is 72.8 Å². The minimum absolute atomic E-state index is 0.684. The molecule has 0 unspecified atom stereocenters. The highest BCUT2D eigenvalue weighted by Crippen LogP contribution is 2.57. The monoisotopic (exact) mass is 592 g/mol. The second-order valence-corrected chi connectivity index (χ2v) is 12.7. The molecule has 0 aromatic heterocycles. The van der Waals surface area contributed by atoms with Crippen molar-refractivity contribution in [1.29, 1.82) is 0 Å². The molecule has 2 heteroatoms. The molecule has 1 aliphatic carbocycles. The van der Waals surface area contributed by atoms with Crippen LogP contribution < -0.4 is 0 Å². The lowest BCUT2D eigenvalue weighted by Crippen LogP contribution is -2.44. The first kappa shape index (κ1) is 27.1.